The molecular formula is C23H28N4O3. The summed E-state index contributed by atoms with van der Waals surface area (Å²) in [4.78, 5) is 24.3. The molecule has 1 aliphatic carbocycles. The van der Waals surface area contributed by atoms with Crippen LogP contribution < -0.4 is 19.7 Å². The standard InChI is InChI=1S/C23H28N4O3/c1-3-15-12-24-22(25-13-15)27-8-6-23(7-9-27)17-10-19(29-2)20(30-14-16-4-5-16)11-18(17)26-21(23)28/h10-13,16H,3-9,14H2,1-2H3,(H,26,28). The number of ether oxygens (including phenoxy) is 2. The normalized spacial score (nSPS) is 19.5. The lowest BCUT2D eigenvalue weighted by atomic mass is 9.73. The number of nitrogens with zero attached hydrogens (tertiary/aromatic N) is 3. The molecule has 3 heterocycles. The van der Waals surface area contributed by atoms with Crippen LogP contribution in [-0.4, -0.2) is 42.7 Å². The number of nitrogens with one attached hydrogen (secondary N) is 1. The third-order valence-electron chi connectivity index (χ3n) is 6.67. The molecule has 5 rings (SSSR count). The van der Waals surface area contributed by atoms with Crippen LogP contribution in [0.2, 0.25) is 0 Å². The van der Waals surface area contributed by atoms with Crippen molar-refractivity contribution in [2.45, 2.75) is 44.4 Å². The third-order valence-corrected chi connectivity index (χ3v) is 6.67. The summed E-state index contributed by atoms with van der Waals surface area (Å²) >= 11 is 0. The van der Waals surface area contributed by atoms with Crippen molar-refractivity contribution in [1.29, 1.82) is 0 Å². The molecule has 2 fully saturated rings. The first-order valence-electron chi connectivity index (χ1n) is 10.9. The quantitative estimate of drug-likeness (QED) is 0.790. The lowest BCUT2D eigenvalue weighted by Gasteiger charge is -2.38. The second kappa shape index (κ2) is 7.45. The Hall–Kier alpha value is -2.83. The molecule has 0 unspecified atom stereocenters. The summed E-state index contributed by atoms with van der Waals surface area (Å²) < 4.78 is 11.6. The van der Waals surface area contributed by atoms with Gasteiger partial charge in [0, 0.05) is 37.2 Å². The summed E-state index contributed by atoms with van der Waals surface area (Å²) in [6, 6.07) is 3.93. The number of hydrogen-bond donors (Lipinski definition) is 1. The van der Waals surface area contributed by atoms with Gasteiger partial charge in [-0.2, -0.15) is 0 Å². The number of hydrogen-bond acceptors (Lipinski definition) is 6. The van der Waals surface area contributed by atoms with Gasteiger partial charge in [-0.3, -0.25) is 4.79 Å². The number of piperidine rings is 1. The molecule has 30 heavy (non-hydrogen) atoms. The van der Waals surface area contributed by atoms with E-state index < -0.39 is 5.41 Å². The number of aryl methyl sites for hydroxylation is 1. The van der Waals surface area contributed by atoms with Crippen LogP contribution in [0.5, 0.6) is 11.5 Å². The lowest BCUT2D eigenvalue weighted by Crippen LogP contribution is -2.47. The molecule has 1 saturated heterocycles. The Bertz CT molecular complexity index is 948. The zero-order valence-electron chi connectivity index (χ0n) is 17.6. The summed E-state index contributed by atoms with van der Waals surface area (Å²) in [5, 5.41) is 3.10. The zero-order chi connectivity index (χ0) is 20.7. The van der Waals surface area contributed by atoms with Gasteiger partial charge in [-0.25, -0.2) is 9.97 Å². The second-order valence-electron chi connectivity index (χ2n) is 8.57. The molecule has 0 atom stereocenters. The summed E-state index contributed by atoms with van der Waals surface area (Å²) in [6.07, 6.45) is 8.60. The van der Waals surface area contributed by atoms with Gasteiger partial charge in [0.2, 0.25) is 11.9 Å². The minimum Gasteiger partial charge on any atom is -0.493 e. The van der Waals surface area contributed by atoms with E-state index in [9.17, 15) is 4.79 Å². The summed E-state index contributed by atoms with van der Waals surface area (Å²) in [7, 11) is 1.66. The van der Waals surface area contributed by atoms with Crippen LogP contribution >= 0.6 is 0 Å². The van der Waals surface area contributed by atoms with E-state index in [1.54, 1.807) is 7.11 Å². The highest BCUT2D eigenvalue weighted by Gasteiger charge is 2.49. The van der Waals surface area contributed by atoms with Crippen molar-refractivity contribution in [3.8, 4) is 11.5 Å². The molecule has 1 aromatic carbocycles. The lowest BCUT2D eigenvalue weighted by molar-refractivity contribution is -0.121. The maximum atomic E-state index is 13.1. The van der Waals surface area contributed by atoms with Crippen LogP contribution in [0.3, 0.4) is 0 Å². The van der Waals surface area contributed by atoms with E-state index in [0.29, 0.717) is 24.0 Å². The molecule has 2 aliphatic heterocycles. The third kappa shape index (κ3) is 3.26. The first kappa shape index (κ1) is 19.2. The summed E-state index contributed by atoms with van der Waals surface area (Å²) in [6.45, 7) is 4.27. The minimum atomic E-state index is -0.530. The fourth-order valence-corrected chi connectivity index (χ4v) is 4.47. The fraction of sp³-hybridized carbons (Fsp3) is 0.522. The number of aromatic nitrogens is 2. The van der Waals surface area contributed by atoms with Gasteiger partial charge in [-0.15, -0.1) is 0 Å². The molecule has 158 valence electrons. The Labute approximate surface area is 176 Å². The second-order valence-corrected chi connectivity index (χ2v) is 8.57. The zero-order valence-corrected chi connectivity index (χ0v) is 17.6. The minimum absolute atomic E-state index is 0.0702. The van der Waals surface area contributed by atoms with E-state index in [0.717, 1.165) is 55.1 Å². The highest BCUT2D eigenvalue weighted by Crippen LogP contribution is 2.49. The number of fused-ring (bicyclic) bond motifs is 2. The molecule has 1 spiro atoms. The van der Waals surface area contributed by atoms with Crippen molar-refractivity contribution in [1.82, 2.24) is 9.97 Å². The van der Waals surface area contributed by atoms with Crippen molar-refractivity contribution in [3.05, 3.63) is 35.7 Å². The first-order valence-corrected chi connectivity index (χ1v) is 10.9. The van der Waals surface area contributed by atoms with Gasteiger partial charge in [0.05, 0.1) is 19.1 Å². The SMILES string of the molecule is CCc1cnc(N2CCC3(CC2)C(=O)Nc2cc(OCC4CC4)c(OC)cc23)nc1. The van der Waals surface area contributed by atoms with E-state index in [-0.39, 0.29) is 5.91 Å². The van der Waals surface area contributed by atoms with Crippen LogP contribution in [0.25, 0.3) is 0 Å². The van der Waals surface area contributed by atoms with Gasteiger partial charge in [0.1, 0.15) is 0 Å². The molecule has 0 bridgehead atoms. The van der Waals surface area contributed by atoms with Crippen molar-refractivity contribution >= 4 is 17.5 Å². The molecule has 2 aromatic rings. The van der Waals surface area contributed by atoms with Gasteiger partial charge >= 0.3 is 0 Å². The van der Waals surface area contributed by atoms with Crippen molar-refractivity contribution in [2.75, 3.05) is 37.0 Å². The number of rotatable bonds is 6. The topological polar surface area (TPSA) is 76.6 Å². The van der Waals surface area contributed by atoms with E-state index >= 15 is 0 Å². The Morgan fingerprint density at radius 3 is 2.53 bits per heavy atom. The predicted molar refractivity (Wildman–Crippen MR) is 114 cm³/mol. The van der Waals surface area contributed by atoms with Crippen molar-refractivity contribution in [2.24, 2.45) is 5.92 Å². The number of benzene rings is 1. The first-order chi connectivity index (χ1) is 14.6. The van der Waals surface area contributed by atoms with Crippen LogP contribution in [0.15, 0.2) is 24.5 Å². The number of anilines is 2. The molecule has 1 saturated carbocycles. The van der Waals surface area contributed by atoms with Crippen LogP contribution in [0.1, 0.15) is 43.7 Å². The highest BCUT2D eigenvalue weighted by atomic mass is 16.5. The molecule has 3 aliphatic rings. The van der Waals surface area contributed by atoms with E-state index in [2.05, 4.69) is 27.1 Å². The number of amides is 1. The molecule has 1 aromatic heterocycles. The van der Waals surface area contributed by atoms with Gasteiger partial charge in [0.15, 0.2) is 11.5 Å². The fourth-order valence-electron chi connectivity index (χ4n) is 4.47. The van der Waals surface area contributed by atoms with Gasteiger partial charge in [0.25, 0.3) is 0 Å². The smallest absolute Gasteiger partial charge is 0.235 e. The van der Waals surface area contributed by atoms with Crippen molar-refractivity contribution in [3.63, 3.8) is 0 Å². The number of carbonyl (C=O) groups is 1. The van der Waals surface area contributed by atoms with Gasteiger partial charge in [-0.1, -0.05) is 6.92 Å². The maximum Gasteiger partial charge on any atom is 0.235 e. The molecule has 7 nitrogen and oxygen atoms in total. The van der Waals surface area contributed by atoms with E-state index in [4.69, 9.17) is 9.47 Å². The molecule has 0 radical (unpaired) electrons. The average Bonchev–Trinajstić information content (AvgIpc) is 3.58. The van der Waals surface area contributed by atoms with Crippen LogP contribution in [0, 0.1) is 5.92 Å². The van der Waals surface area contributed by atoms with Gasteiger partial charge in [-0.05, 0) is 55.2 Å². The maximum absolute atomic E-state index is 13.1. The van der Waals surface area contributed by atoms with Crippen LogP contribution in [-0.2, 0) is 16.6 Å². The average molecular weight is 409 g/mol. The van der Waals surface area contributed by atoms with Crippen molar-refractivity contribution < 1.29 is 14.3 Å². The number of carbonyl (C=O) groups excluding carboxylic acids is 1. The van der Waals surface area contributed by atoms with Crippen LogP contribution in [0.4, 0.5) is 11.6 Å². The molecule has 1 N–H and O–H groups in total. The number of methoxy groups -OCH3 is 1. The molecule has 1 amide bonds. The predicted octanol–water partition coefficient (Wildman–Crippen LogP) is 3.33. The van der Waals surface area contributed by atoms with E-state index in [1.807, 2.05) is 24.5 Å². The van der Waals surface area contributed by atoms with Gasteiger partial charge < -0.3 is 19.7 Å². The monoisotopic (exact) mass is 408 g/mol. The Kier molecular flexibility index (Phi) is 4.76. The Morgan fingerprint density at radius 1 is 1.17 bits per heavy atom. The Morgan fingerprint density at radius 2 is 1.90 bits per heavy atom. The summed E-state index contributed by atoms with van der Waals surface area (Å²) in [5.41, 5.74) is 2.47. The van der Waals surface area contributed by atoms with E-state index in [1.165, 1.54) is 12.8 Å². The highest BCUT2D eigenvalue weighted by molar-refractivity contribution is 6.07. The Balaban J connectivity index is 1.37. The summed E-state index contributed by atoms with van der Waals surface area (Å²) in [5.74, 6) is 2.87. The largest absolute Gasteiger partial charge is 0.493 e. The molecular weight excluding hydrogens is 380 g/mol. The molecule has 7 heteroatoms.